The minimum absolute atomic E-state index is 0.267. The average molecular weight is 415 g/mol. The molecule has 0 aliphatic rings. The van der Waals surface area contributed by atoms with E-state index in [9.17, 15) is 13.2 Å². The highest BCUT2D eigenvalue weighted by molar-refractivity contribution is 7.89. The Bertz CT molecular complexity index is 1180. The van der Waals surface area contributed by atoms with Crippen molar-refractivity contribution < 1.29 is 12.8 Å². The summed E-state index contributed by atoms with van der Waals surface area (Å²) in [4.78, 5) is 12.2. The van der Waals surface area contributed by atoms with Crippen LogP contribution >= 0.6 is 0 Å². The van der Waals surface area contributed by atoms with Gasteiger partial charge in [-0.1, -0.05) is 13.8 Å². The Balaban J connectivity index is 1.84. The van der Waals surface area contributed by atoms with Crippen LogP contribution in [0.25, 0.3) is 11.0 Å². The highest BCUT2D eigenvalue weighted by atomic mass is 32.2. The van der Waals surface area contributed by atoms with Crippen LogP contribution < -0.4 is 10.9 Å². The molecule has 29 heavy (non-hydrogen) atoms. The van der Waals surface area contributed by atoms with E-state index in [-0.39, 0.29) is 4.90 Å². The smallest absolute Gasteiger partial charge is 0.336 e. The summed E-state index contributed by atoms with van der Waals surface area (Å²) in [6.45, 7) is 8.93. The molecule has 0 radical (unpaired) electrons. The minimum atomic E-state index is -3.48. The van der Waals surface area contributed by atoms with Gasteiger partial charge in [0.1, 0.15) is 5.58 Å². The number of nitrogens with one attached hydrogen (secondary N) is 1. The molecule has 0 spiro atoms. The van der Waals surface area contributed by atoms with Gasteiger partial charge in [0, 0.05) is 36.8 Å². The van der Waals surface area contributed by atoms with E-state index < -0.39 is 15.6 Å². The van der Waals surface area contributed by atoms with E-state index in [0.717, 1.165) is 27.8 Å². The van der Waals surface area contributed by atoms with Crippen LogP contribution in [0.4, 0.5) is 5.69 Å². The number of rotatable bonds is 7. The first kappa shape index (κ1) is 21.1. The summed E-state index contributed by atoms with van der Waals surface area (Å²) in [7, 11) is -3.48. The van der Waals surface area contributed by atoms with Crippen molar-refractivity contribution >= 4 is 26.7 Å². The number of hydrogen-bond donors (Lipinski definition) is 1. The summed E-state index contributed by atoms with van der Waals surface area (Å²) < 4.78 is 31.9. The minimum Gasteiger partial charge on any atom is -0.423 e. The summed E-state index contributed by atoms with van der Waals surface area (Å²) >= 11 is 0. The Morgan fingerprint density at radius 3 is 2.21 bits per heavy atom. The van der Waals surface area contributed by atoms with Crippen LogP contribution in [-0.4, -0.2) is 25.8 Å². The molecule has 154 valence electrons. The molecule has 6 nitrogen and oxygen atoms in total. The second-order valence-corrected chi connectivity index (χ2v) is 8.93. The highest BCUT2D eigenvalue weighted by Gasteiger charge is 2.21. The number of benzene rings is 2. The van der Waals surface area contributed by atoms with E-state index in [4.69, 9.17) is 4.42 Å². The van der Waals surface area contributed by atoms with Gasteiger partial charge in [-0.25, -0.2) is 13.2 Å². The highest BCUT2D eigenvalue weighted by Crippen LogP contribution is 2.23. The fourth-order valence-corrected chi connectivity index (χ4v) is 4.74. The van der Waals surface area contributed by atoms with Crippen LogP contribution in [0.15, 0.2) is 56.6 Å². The molecule has 1 heterocycles. The Morgan fingerprint density at radius 1 is 0.966 bits per heavy atom. The van der Waals surface area contributed by atoms with Gasteiger partial charge in [-0.05, 0) is 66.9 Å². The van der Waals surface area contributed by atoms with E-state index >= 15 is 0 Å². The van der Waals surface area contributed by atoms with Gasteiger partial charge in [0.15, 0.2) is 0 Å². The maximum atomic E-state index is 12.6. The summed E-state index contributed by atoms with van der Waals surface area (Å²) in [5.74, 6) is 0. The fraction of sp³-hybridized carbons (Fsp3) is 0.318. The van der Waals surface area contributed by atoms with Crippen LogP contribution in [0.2, 0.25) is 0 Å². The number of anilines is 1. The van der Waals surface area contributed by atoms with Crippen LogP contribution in [-0.2, 0) is 16.6 Å². The zero-order valence-corrected chi connectivity index (χ0v) is 18.0. The fourth-order valence-electron chi connectivity index (χ4n) is 3.28. The molecule has 1 aromatic heterocycles. The van der Waals surface area contributed by atoms with Crippen LogP contribution in [0, 0.1) is 13.8 Å². The van der Waals surface area contributed by atoms with E-state index in [1.165, 1.54) is 10.4 Å². The Kier molecular flexibility index (Phi) is 6.10. The molecule has 7 heteroatoms. The quantitative estimate of drug-likeness (QED) is 0.590. The maximum absolute atomic E-state index is 12.6. The Hall–Kier alpha value is -2.64. The normalized spacial score (nSPS) is 11.9. The molecule has 3 aromatic rings. The van der Waals surface area contributed by atoms with Gasteiger partial charge in [0.2, 0.25) is 10.0 Å². The summed E-state index contributed by atoms with van der Waals surface area (Å²) in [6, 6.07) is 12.1. The van der Waals surface area contributed by atoms with Crippen LogP contribution in [0.5, 0.6) is 0 Å². The lowest BCUT2D eigenvalue weighted by Crippen LogP contribution is -2.30. The summed E-state index contributed by atoms with van der Waals surface area (Å²) in [5.41, 5.74) is 3.97. The molecule has 0 saturated carbocycles. The number of hydrogen-bond acceptors (Lipinski definition) is 5. The van der Waals surface area contributed by atoms with Crippen molar-refractivity contribution in [3.05, 3.63) is 69.6 Å². The largest absolute Gasteiger partial charge is 0.423 e. The lowest BCUT2D eigenvalue weighted by atomic mass is 10.0. The van der Waals surface area contributed by atoms with Gasteiger partial charge in [-0.2, -0.15) is 4.31 Å². The monoisotopic (exact) mass is 414 g/mol. The van der Waals surface area contributed by atoms with Crippen molar-refractivity contribution in [2.24, 2.45) is 0 Å². The zero-order valence-electron chi connectivity index (χ0n) is 17.2. The van der Waals surface area contributed by atoms with Gasteiger partial charge in [0.05, 0.1) is 4.90 Å². The first-order valence-electron chi connectivity index (χ1n) is 9.64. The number of sulfonamides is 1. The number of nitrogens with zero attached hydrogens (tertiary/aromatic N) is 1. The topological polar surface area (TPSA) is 79.6 Å². The lowest BCUT2D eigenvalue weighted by Gasteiger charge is -2.18. The van der Waals surface area contributed by atoms with E-state index in [2.05, 4.69) is 5.32 Å². The summed E-state index contributed by atoms with van der Waals surface area (Å²) in [6.07, 6.45) is 0. The second kappa shape index (κ2) is 8.39. The third kappa shape index (κ3) is 4.36. The molecule has 0 saturated heterocycles. The van der Waals surface area contributed by atoms with Crippen molar-refractivity contribution in [2.45, 2.75) is 39.1 Å². The Morgan fingerprint density at radius 2 is 1.59 bits per heavy atom. The molecule has 0 amide bonds. The van der Waals surface area contributed by atoms with Gasteiger partial charge in [-0.3, -0.25) is 0 Å². The van der Waals surface area contributed by atoms with Crippen molar-refractivity contribution in [1.29, 1.82) is 0 Å². The molecule has 0 unspecified atom stereocenters. The molecule has 0 aliphatic carbocycles. The van der Waals surface area contributed by atoms with Gasteiger partial charge >= 0.3 is 5.63 Å². The third-order valence-corrected chi connectivity index (χ3v) is 7.19. The zero-order chi connectivity index (χ0) is 21.2. The molecule has 2 aromatic carbocycles. The molecule has 1 N–H and O–H groups in total. The molecule has 0 atom stereocenters. The van der Waals surface area contributed by atoms with Crippen molar-refractivity contribution in [3.63, 3.8) is 0 Å². The van der Waals surface area contributed by atoms with Crippen LogP contribution in [0.1, 0.15) is 30.5 Å². The summed E-state index contributed by atoms with van der Waals surface area (Å²) in [5, 5.41) is 4.15. The van der Waals surface area contributed by atoms with Gasteiger partial charge in [0.25, 0.3) is 0 Å². The molecule has 0 fully saturated rings. The van der Waals surface area contributed by atoms with Crippen molar-refractivity contribution in [1.82, 2.24) is 4.31 Å². The average Bonchev–Trinajstić information content (AvgIpc) is 2.68. The third-order valence-electron chi connectivity index (χ3n) is 5.12. The molecule has 0 aliphatic heterocycles. The predicted octanol–water partition coefficient (Wildman–Crippen LogP) is 4.05. The molecule has 3 rings (SSSR count). The molecular weight excluding hydrogens is 388 g/mol. The Labute approximate surface area is 171 Å². The van der Waals surface area contributed by atoms with E-state index in [0.29, 0.717) is 25.2 Å². The van der Waals surface area contributed by atoms with Gasteiger partial charge < -0.3 is 9.73 Å². The SMILES string of the molecule is CCN(CC)S(=O)(=O)c1ccc(NCc2cc(=O)oc3cc(C)c(C)cc23)cc1. The molecule has 0 bridgehead atoms. The molecular formula is C22H26N2O4S. The first-order chi connectivity index (χ1) is 13.8. The lowest BCUT2D eigenvalue weighted by molar-refractivity contribution is 0.445. The first-order valence-corrected chi connectivity index (χ1v) is 11.1. The van der Waals surface area contributed by atoms with Crippen LogP contribution in [0.3, 0.4) is 0 Å². The predicted molar refractivity (Wildman–Crippen MR) is 116 cm³/mol. The number of aryl methyl sites for hydroxylation is 2. The van der Waals surface area contributed by atoms with Gasteiger partial charge in [-0.15, -0.1) is 0 Å². The van der Waals surface area contributed by atoms with Crippen molar-refractivity contribution in [3.8, 4) is 0 Å². The van der Waals surface area contributed by atoms with Crippen molar-refractivity contribution in [2.75, 3.05) is 18.4 Å². The van der Waals surface area contributed by atoms with E-state index in [1.54, 1.807) is 24.3 Å². The standard InChI is InChI=1S/C22H26N2O4S/c1-5-24(6-2)29(26,27)19-9-7-18(8-10-19)23-14-17-13-22(25)28-21-12-16(4)15(3)11-20(17)21/h7-13,23H,5-6,14H2,1-4H3. The maximum Gasteiger partial charge on any atom is 0.336 e. The second-order valence-electron chi connectivity index (χ2n) is 6.99. The number of fused-ring (bicyclic) bond motifs is 1. The van der Waals surface area contributed by atoms with E-state index in [1.807, 2.05) is 39.8 Å².